The van der Waals surface area contributed by atoms with Gasteiger partial charge in [-0.15, -0.1) is 10.2 Å². The largest absolute Gasteiger partial charge is 0.491 e. The van der Waals surface area contributed by atoms with Crippen molar-refractivity contribution in [3.63, 3.8) is 0 Å². The standard InChI is InChI=1S/C46H48N8O7/c1-25-9-11-31(12-10-25)42-40-27(3)26(2)23-37(40)53-29(5)51-52-43(53)35(49-42)24-39(56)48-28(4)30-13-15-32(16-14-30)61-22-21-60-20-19-47-34-8-6-7-33-41(34)46(59)54(45(33)58)36-17-18-38(55)50-44(36)57/h6-16,28,35-36,47H,17-24H2,1-5H3,(H,48,56)(H,50,55,57)/t28-,35?,36?/m0/s1. The molecule has 1 saturated heterocycles. The lowest BCUT2D eigenvalue weighted by atomic mass is 9.96. The number of amides is 5. The summed E-state index contributed by atoms with van der Waals surface area (Å²) in [6.07, 6.45) is 1.01. The number of carbonyl (C=O) groups excluding carboxylic acids is 5. The van der Waals surface area contributed by atoms with Crippen molar-refractivity contribution >= 4 is 46.6 Å². The molecular weight excluding hydrogens is 777 g/mol. The summed E-state index contributed by atoms with van der Waals surface area (Å²) < 4.78 is 13.7. The third kappa shape index (κ3) is 8.12. The number of hydrogen-bond donors (Lipinski definition) is 3. The molecule has 1 fully saturated rings. The molecule has 3 aromatic carbocycles. The van der Waals surface area contributed by atoms with Crippen molar-refractivity contribution in [1.82, 2.24) is 30.3 Å². The summed E-state index contributed by atoms with van der Waals surface area (Å²) in [5.74, 6) is -0.280. The highest BCUT2D eigenvalue weighted by Gasteiger charge is 2.45. The van der Waals surface area contributed by atoms with Crippen molar-refractivity contribution in [3.05, 3.63) is 123 Å². The Bertz CT molecular complexity index is 2540. The van der Waals surface area contributed by atoms with Gasteiger partial charge < -0.3 is 20.1 Å². The van der Waals surface area contributed by atoms with E-state index in [1.54, 1.807) is 18.2 Å². The van der Waals surface area contributed by atoms with Crippen LogP contribution in [-0.2, 0) is 19.1 Å². The van der Waals surface area contributed by atoms with Gasteiger partial charge in [0.25, 0.3) is 11.8 Å². The Morgan fingerprint density at radius 1 is 0.918 bits per heavy atom. The van der Waals surface area contributed by atoms with Crippen LogP contribution in [0, 0.1) is 13.8 Å². The number of imide groups is 2. The van der Waals surface area contributed by atoms with E-state index in [2.05, 4.69) is 75.8 Å². The molecule has 3 atom stereocenters. The lowest BCUT2D eigenvalue weighted by molar-refractivity contribution is -0.136. The minimum absolute atomic E-state index is 0.0546. The van der Waals surface area contributed by atoms with Crippen LogP contribution >= 0.6 is 0 Å². The number of allylic oxidation sites excluding steroid dienone is 4. The molecule has 0 radical (unpaired) electrons. The molecule has 61 heavy (non-hydrogen) atoms. The smallest absolute Gasteiger partial charge is 0.264 e. The molecule has 5 amide bonds. The first-order valence-corrected chi connectivity index (χ1v) is 20.5. The number of piperidine rings is 1. The summed E-state index contributed by atoms with van der Waals surface area (Å²) in [5, 5.41) is 17.5. The van der Waals surface area contributed by atoms with Gasteiger partial charge in [-0.05, 0) is 76.4 Å². The molecule has 0 saturated carbocycles. The van der Waals surface area contributed by atoms with Crippen LogP contribution in [0.15, 0.2) is 88.4 Å². The zero-order chi connectivity index (χ0) is 42.9. The van der Waals surface area contributed by atoms with Crippen LogP contribution < -0.4 is 20.7 Å². The predicted molar refractivity (Wildman–Crippen MR) is 227 cm³/mol. The van der Waals surface area contributed by atoms with Gasteiger partial charge in [0.1, 0.15) is 30.3 Å². The van der Waals surface area contributed by atoms with E-state index in [-0.39, 0.29) is 42.3 Å². The number of hydrogen-bond acceptors (Lipinski definition) is 11. The fourth-order valence-corrected chi connectivity index (χ4v) is 8.33. The highest BCUT2D eigenvalue weighted by atomic mass is 16.5. The minimum Gasteiger partial charge on any atom is -0.491 e. The summed E-state index contributed by atoms with van der Waals surface area (Å²) in [4.78, 5) is 70.3. The first-order chi connectivity index (χ1) is 29.4. The number of aliphatic imine (C=N–C) groups is 1. The topological polar surface area (TPSA) is 186 Å². The van der Waals surface area contributed by atoms with Crippen molar-refractivity contribution in [2.45, 2.75) is 78.4 Å². The average molecular weight is 825 g/mol. The van der Waals surface area contributed by atoms with E-state index >= 15 is 0 Å². The first kappa shape index (κ1) is 41.0. The third-order valence-corrected chi connectivity index (χ3v) is 11.7. The first-order valence-electron chi connectivity index (χ1n) is 20.5. The van der Waals surface area contributed by atoms with E-state index in [0.29, 0.717) is 43.6 Å². The lowest BCUT2D eigenvalue weighted by Crippen LogP contribution is -2.54. The molecular formula is C46H48N8O7. The fourth-order valence-electron chi connectivity index (χ4n) is 8.33. The van der Waals surface area contributed by atoms with Crippen molar-refractivity contribution in [1.29, 1.82) is 0 Å². The summed E-state index contributed by atoms with van der Waals surface area (Å²) in [6.45, 7) is 11.5. The van der Waals surface area contributed by atoms with E-state index in [1.807, 2.05) is 38.1 Å². The van der Waals surface area contributed by atoms with E-state index in [9.17, 15) is 24.0 Å². The van der Waals surface area contributed by atoms with Crippen LogP contribution in [-0.4, -0.2) is 87.3 Å². The molecule has 15 heteroatoms. The Kier molecular flexibility index (Phi) is 11.5. The monoisotopic (exact) mass is 824 g/mol. The summed E-state index contributed by atoms with van der Waals surface area (Å²) >= 11 is 0. The number of rotatable bonds is 14. The van der Waals surface area contributed by atoms with E-state index in [4.69, 9.17) is 14.5 Å². The van der Waals surface area contributed by atoms with Crippen LogP contribution in [0.4, 0.5) is 5.69 Å². The lowest BCUT2D eigenvalue weighted by Gasteiger charge is -2.27. The second-order valence-electron chi connectivity index (χ2n) is 15.8. The predicted octanol–water partition coefficient (Wildman–Crippen LogP) is 5.57. The Morgan fingerprint density at radius 2 is 1.69 bits per heavy atom. The van der Waals surface area contributed by atoms with Gasteiger partial charge >= 0.3 is 0 Å². The van der Waals surface area contributed by atoms with Gasteiger partial charge in [-0.25, -0.2) is 0 Å². The molecule has 314 valence electrons. The third-order valence-electron chi connectivity index (χ3n) is 11.7. The molecule has 1 aliphatic carbocycles. The van der Waals surface area contributed by atoms with Crippen LogP contribution in [0.25, 0.3) is 5.70 Å². The van der Waals surface area contributed by atoms with Gasteiger partial charge in [0.05, 0.1) is 42.5 Å². The van der Waals surface area contributed by atoms with Crippen LogP contribution in [0.3, 0.4) is 0 Å². The van der Waals surface area contributed by atoms with Gasteiger partial charge in [-0.1, -0.05) is 53.6 Å². The van der Waals surface area contributed by atoms with Gasteiger partial charge in [0.15, 0.2) is 5.82 Å². The highest BCUT2D eigenvalue weighted by molar-refractivity contribution is 6.25. The molecule has 3 N–H and O–H groups in total. The molecule has 4 aromatic rings. The quantitative estimate of drug-likeness (QED) is 0.107. The zero-order valence-electron chi connectivity index (χ0n) is 34.8. The number of anilines is 1. The normalized spacial score (nSPS) is 19.0. The van der Waals surface area contributed by atoms with Crippen LogP contribution in [0.1, 0.15) is 108 Å². The molecule has 2 unspecified atom stereocenters. The minimum atomic E-state index is -1.03. The maximum absolute atomic E-state index is 13.7. The number of fused-ring (bicyclic) bond motifs is 3. The molecule has 8 rings (SSSR count). The number of nitrogens with one attached hydrogen (secondary N) is 3. The maximum atomic E-state index is 13.7. The van der Waals surface area contributed by atoms with Crippen molar-refractivity contribution in [3.8, 4) is 5.75 Å². The number of ether oxygens (including phenoxy) is 2. The molecule has 4 aliphatic rings. The number of carbonyl (C=O) groups is 5. The van der Waals surface area contributed by atoms with Gasteiger partial charge in [-0.2, -0.15) is 0 Å². The fraction of sp³-hybridized carbons (Fsp3) is 0.348. The molecule has 4 heterocycles. The Balaban J connectivity index is 0.818. The van der Waals surface area contributed by atoms with Crippen LogP contribution in [0.5, 0.6) is 5.75 Å². The van der Waals surface area contributed by atoms with Crippen molar-refractivity contribution in [2.24, 2.45) is 4.99 Å². The molecule has 3 aliphatic heterocycles. The Morgan fingerprint density at radius 3 is 2.44 bits per heavy atom. The number of aryl methyl sites for hydroxylation is 2. The Labute approximate surface area is 353 Å². The molecule has 15 nitrogen and oxygen atoms in total. The molecule has 0 bridgehead atoms. The van der Waals surface area contributed by atoms with Gasteiger partial charge in [0, 0.05) is 41.9 Å². The molecule has 0 spiro atoms. The average Bonchev–Trinajstić information content (AvgIpc) is 3.82. The van der Waals surface area contributed by atoms with Crippen LogP contribution in [0.2, 0.25) is 0 Å². The number of nitrogens with zero attached hydrogens (tertiary/aromatic N) is 5. The number of aromatic nitrogens is 3. The van der Waals surface area contributed by atoms with E-state index in [1.165, 1.54) is 11.1 Å². The second-order valence-corrected chi connectivity index (χ2v) is 15.8. The molecule has 1 aromatic heterocycles. The van der Waals surface area contributed by atoms with Gasteiger partial charge in [0.2, 0.25) is 17.7 Å². The van der Waals surface area contributed by atoms with Crippen molar-refractivity contribution < 1.29 is 33.4 Å². The van der Waals surface area contributed by atoms with E-state index < -0.39 is 35.7 Å². The zero-order valence-corrected chi connectivity index (χ0v) is 34.8. The summed E-state index contributed by atoms with van der Waals surface area (Å²) in [6, 6.07) is 19.0. The number of benzene rings is 3. The van der Waals surface area contributed by atoms with E-state index in [0.717, 1.165) is 50.8 Å². The highest BCUT2D eigenvalue weighted by Crippen LogP contribution is 2.42. The summed E-state index contributed by atoms with van der Waals surface area (Å²) in [7, 11) is 0. The Hall–Kier alpha value is -6.74. The second kappa shape index (κ2) is 17.1. The summed E-state index contributed by atoms with van der Waals surface area (Å²) in [5.41, 5.74) is 9.45. The SMILES string of the molecule is CC1=C(C)C2=C(C1)n1c(C)nnc1C(CC(=O)N[C@@H](C)c1ccc(OCCOCCNc3cccc4c3C(=O)N(C3CCC(=O)NC3=O)C4=O)cc1)N=C2c1ccc(C)cc1. The van der Waals surface area contributed by atoms with Gasteiger partial charge in [-0.3, -0.25) is 43.7 Å². The van der Waals surface area contributed by atoms with Crippen molar-refractivity contribution in [2.75, 3.05) is 31.7 Å². The maximum Gasteiger partial charge on any atom is 0.264 e.